The van der Waals surface area contributed by atoms with Gasteiger partial charge in [-0.3, -0.25) is 5.10 Å². The Balaban J connectivity index is 2.04. The Kier molecular flexibility index (Phi) is 4.20. The van der Waals surface area contributed by atoms with Gasteiger partial charge in [0.15, 0.2) is 5.82 Å². The minimum absolute atomic E-state index is 0.0108. The third-order valence-electron chi connectivity index (χ3n) is 4.17. The number of sulfonamides is 1. The minimum Gasteiger partial charge on any atom is -0.263 e. The summed E-state index contributed by atoms with van der Waals surface area (Å²) >= 11 is 0. The van der Waals surface area contributed by atoms with E-state index in [9.17, 15) is 12.8 Å². The lowest BCUT2D eigenvalue weighted by Crippen LogP contribution is -2.39. The van der Waals surface area contributed by atoms with Crippen LogP contribution in [0.2, 0.25) is 0 Å². The molecule has 1 saturated heterocycles. The Hall–Kier alpha value is -1.80. The van der Waals surface area contributed by atoms with Crippen LogP contribution < -0.4 is 0 Å². The van der Waals surface area contributed by atoms with E-state index >= 15 is 0 Å². The Morgan fingerprint density at radius 2 is 2.09 bits per heavy atom. The number of hydrogen-bond acceptors (Lipinski definition) is 4. The molecule has 23 heavy (non-hydrogen) atoms. The summed E-state index contributed by atoms with van der Waals surface area (Å²) < 4.78 is 41.3. The largest absolute Gasteiger partial charge is 0.263 e. The molecule has 0 saturated carbocycles. The van der Waals surface area contributed by atoms with Crippen molar-refractivity contribution < 1.29 is 12.8 Å². The smallest absolute Gasteiger partial charge is 0.244 e. The van der Waals surface area contributed by atoms with Crippen LogP contribution in [0.25, 0.3) is 0 Å². The maximum atomic E-state index is 13.8. The van der Waals surface area contributed by atoms with Crippen LogP contribution in [-0.4, -0.2) is 34.4 Å². The van der Waals surface area contributed by atoms with E-state index in [-0.39, 0.29) is 10.5 Å². The predicted octanol–water partition coefficient (Wildman–Crippen LogP) is 2.48. The summed E-state index contributed by atoms with van der Waals surface area (Å²) in [4.78, 5) is 4.30. The molecule has 1 aromatic heterocycles. The lowest BCUT2D eigenvalue weighted by molar-refractivity contribution is 0.246. The molecule has 6 nitrogen and oxygen atoms in total. The Bertz CT molecular complexity index is 819. The van der Waals surface area contributed by atoms with Crippen molar-refractivity contribution in [3.05, 3.63) is 41.2 Å². The van der Waals surface area contributed by atoms with Gasteiger partial charge in [0.1, 0.15) is 11.6 Å². The summed E-state index contributed by atoms with van der Waals surface area (Å²) in [6, 6.07) is 3.72. The molecule has 3 rings (SSSR count). The summed E-state index contributed by atoms with van der Waals surface area (Å²) in [7, 11) is -3.80. The second kappa shape index (κ2) is 6.01. The van der Waals surface area contributed by atoms with E-state index in [1.54, 1.807) is 6.92 Å². The number of hydrogen-bond donors (Lipinski definition) is 1. The van der Waals surface area contributed by atoms with Crippen LogP contribution in [-0.2, 0) is 10.0 Å². The lowest BCUT2D eigenvalue weighted by atomic mass is 10.0. The van der Waals surface area contributed by atoms with Crippen molar-refractivity contribution >= 4 is 10.0 Å². The van der Waals surface area contributed by atoms with Gasteiger partial charge >= 0.3 is 0 Å². The first-order valence-electron chi connectivity index (χ1n) is 7.57. The second-order valence-electron chi connectivity index (χ2n) is 5.77. The molecule has 0 amide bonds. The molecule has 1 fully saturated rings. The molecule has 0 spiro atoms. The van der Waals surface area contributed by atoms with E-state index in [2.05, 4.69) is 15.2 Å². The fourth-order valence-corrected chi connectivity index (χ4v) is 4.85. The van der Waals surface area contributed by atoms with Gasteiger partial charge in [-0.05, 0) is 38.8 Å². The zero-order valence-corrected chi connectivity index (χ0v) is 13.9. The fraction of sp³-hybridized carbons (Fsp3) is 0.467. The molecule has 0 aliphatic carbocycles. The molecule has 124 valence electrons. The quantitative estimate of drug-likeness (QED) is 0.932. The van der Waals surface area contributed by atoms with Crippen molar-refractivity contribution in [2.45, 2.75) is 44.0 Å². The van der Waals surface area contributed by atoms with Crippen LogP contribution in [0.3, 0.4) is 0 Å². The van der Waals surface area contributed by atoms with Gasteiger partial charge in [0.2, 0.25) is 10.0 Å². The molecule has 1 atom stereocenters. The van der Waals surface area contributed by atoms with Crippen molar-refractivity contribution in [1.29, 1.82) is 0 Å². The third kappa shape index (κ3) is 2.88. The molecule has 1 aliphatic rings. The number of nitrogens with zero attached hydrogens (tertiary/aromatic N) is 3. The normalized spacial score (nSPS) is 19.9. The van der Waals surface area contributed by atoms with Gasteiger partial charge in [-0.25, -0.2) is 17.8 Å². The first kappa shape index (κ1) is 16.1. The summed E-state index contributed by atoms with van der Waals surface area (Å²) in [5, 5.41) is 6.88. The van der Waals surface area contributed by atoms with Crippen LogP contribution in [0.4, 0.5) is 4.39 Å². The summed E-state index contributed by atoms with van der Waals surface area (Å²) in [5.74, 6) is 0.595. The topological polar surface area (TPSA) is 79.0 Å². The lowest BCUT2D eigenvalue weighted by Gasteiger charge is -2.33. The highest BCUT2D eigenvalue weighted by atomic mass is 32.2. The number of halogens is 1. The monoisotopic (exact) mass is 338 g/mol. The van der Waals surface area contributed by atoms with Crippen molar-refractivity contribution in [3.63, 3.8) is 0 Å². The fourth-order valence-electron chi connectivity index (χ4n) is 2.95. The SMILES string of the molecule is Cc1nc([C@@H]2CCCCN2S(=O)(=O)c2cccc(F)c2C)n[nH]1. The highest BCUT2D eigenvalue weighted by molar-refractivity contribution is 7.89. The van der Waals surface area contributed by atoms with Crippen molar-refractivity contribution in [2.24, 2.45) is 0 Å². The zero-order chi connectivity index (χ0) is 16.6. The number of aromatic amines is 1. The third-order valence-corrected chi connectivity index (χ3v) is 6.22. The van der Waals surface area contributed by atoms with Crippen LogP contribution in [0.15, 0.2) is 23.1 Å². The molecular weight excluding hydrogens is 319 g/mol. The number of rotatable bonds is 3. The van der Waals surface area contributed by atoms with E-state index in [0.717, 1.165) is 12.8 Å². The number of piperidine rings is 1. The van der Waals surface area contributed by atoms with Crippen LogP contribution in [0.5, 0.6) is 0 Å². The Morgan fingerprint density at radius 3 is 2.78 bits per heavy atom. The number of aromatic nitrogens is 3. The van der Waals surface area contributed by atoms with E-state index in [0.29, 0.717) is 24.6 Å². The highest BCUT2D eigenvalue weighted by Crippen LogP contribution is 2.35. The van der Waals surface area contributed by atoms with Crippen LogP contribution >= 0.6 is 0 Å². The maximum Gasteiger partial charge on any atom is 0.244 e. The van der Waals surface area contributed by atoms with E-state index in [4.69, 9.17) is 0 Å². The molecule has 1 aliphatic heterocycles. The standard InChI is InChI=1S/C15H19FN4O2S/c1-10-12(16)6-5-8-14(10)23(21,22)20-9-4-3-7-13(20)15-17-11(2)18-19-15/h5-6,8,13H,3-4,7,9H2,1-2H3,(H,17,18,19)/t13-/m0/s1. The average Bonchev–Trinajstić information content (AvgIpc) is 2.96. The summed E-state index contributed by atoms with van der Waals surface area (Å²) in [5.41, 5.74) is 0.142. The molecule has 0 unspecified atom stereocenters. The minimum atomic E-state index is -3.80. The van der Waals surface area contributed by atoms with Gasteiger partial charge in [0, 0.05) is 12.1 Å². The Morgan fingerprint density at radius 1 is 1.30 bits per heavy atom. The number of nitrogens with one attached hydrogen (secondary N) is 1. The van der Waals surface area contributed by atoms with Crippen LogP contribution in [0, 0.1) is 19.7 Å². The maximum absolute atomic E-state index is 13.8. The van der Waals surface area contributed by atoms with Crippen molar-refractivity contribution in [3.8, 4) is 0 Å². The molecule has 2 aromatic rings. The van der Waals surface area contributed by atoms with Gasteiger partial charge in [-0.1, -0.05) is 12.5 Å². The number of aryl methyl sites for hydroxylation is 1. The van der Waals surface area contributed by atoms with Gasteiger partial charge in [0.25, 0.3) is 0 Å². The Labute approximate surface area is 134 Å². The second-order valence-corrected chi connectivity index (χ2v) is 7.63. The molecular formula is C15H19FN4O2S. The average molecular weight is 338 g/mol. The van der Waals surface area contributed by atoms with E-state index in [1.807, 2.05) is 0 Å². The molecule has 1 N–H and O–H groups in total. The van der Waals surface area contributed by atoms with E-state index in [1.165, 1.54) is 29.4 Å². The first-order chi connectivity index (χ1) is 10.9. The number of H-pyrrole nitrogens is 1. The van der Waals surface area contributed by atoms with Gasteiger partial charge < -0.3 is 0 Å². The summed E-state index contributed by atoms with van der Waals surface area (Å²) in [6.07, 6.45) is 2.34. The summed E-state index contributed by atoms with van der Waals surface area (Å²) in [6.45, 7) is 3.64. The van der Waals surface area contributed by atoms with Crippen LogP contribution in [0.1, 0.15) is 42.5 Å². The zero-order valence-electron chi connectivity index (χ0n) is 13.1. The molecule has 0 bridgehead atoms. The first-order valence-corrected chi connectivity index (χ1v) is 9.01. The van der Waals surface area contributed by atoms with Crippen molar-refractivity contribution in [1.82, 2.24) is 19.5 Å². The molecule has 0 radical (unpaired) electrons. The molecule has 1 aromatic carbocycles. The predicted molar refractivity (Wildman–Crippen MR) is 82.7 cm³/mol. The van der Waals surface area contributed by atoms with Gasteiger partial charge in [-0.2, -0.15) is 9.40 Å². The van der Waals surface area contributed by atoms with Gasteiger partial charge in [-0.15, -0.1) is 0 Å². The highest BCUT2D eigenvalue weighted by Gasteiger charge is 2.37. The number of benzene rings is 1. The molecule has 2 heterocycles. The van der Waals surface area contributed by atoms with E-state index < -0.39 is 21.9 Å². The van der Waals surface area contributed by atoms with Crippen molar-refractivity contribution in [2.75, 3.05) is 6.54 Å². The molecule has 8 heteroatoms. The van der Waals surface area contributed by atoms with Gasteiger partial charge in [0.05, 0.1) is 10.9 Å².